The van der Waals surface area contributed by atoms with Crippen LogP contribution < -0.4 is 16.0 Å². The number of rotatable bonds is 9. The number of hydrogen-bond donors (Lipinski definition) is 3. The molecule has 2 aromatic carbocycles. The van der Waals surface area contributed by atoms with Crippen LogP contribution in [-0.4, -0.2) is 70.9 Å². The molecule has 0 spiro atoms. The smallest absolute Gasteiger partial charge is 0.367 e. The number of anilines is 3. The Morgan fingerprint density at radius 2 is 1.70 bits per heavy atom. The third kappa shape index (κ3) is 7.85. The lowest BCUT2D eigenvalue weighted by Crippen LogP contribution is -2.44. The van der Waals surface area contributed by atoms with Gasteiger partial charge in [0.25, 0.3) is 5.91 Å². The van der Waals surface area contributed by atoms with Gasteiger partial charge in [0.05, 0.1) is 0 Å². The Labute approximate surface area is 255 Å². The molecular formula is C32H38F3N7O2. The summed E-state index contributed by atoms with van der Waals surface area (Å²) < 4.78 is 41.5. The molecule has 2 heterocycles. The van der Waals surface area contributed by atoms with E-state index in [2.05, 4.69) is 37.9 Å². The SMILES string of the molecule is CN1CCC(N(C)C(=O)c2ccc(Nc3ncc(C(F)(F)F)c(NC4CCC(C(=O)NCc5ccccc5)C4)n3)cc2)CC1. The van der Waals surface area contributed by atoms with Crippen molar-refractivity contribution in [2.75, 3.05) is 37.8 Å². The van der Waals surface area contributed by atoms with Crippen LogP contribution in [0.2, 0.25) is 0 Å². The monoisotopic (exact) mass is 609 g/mol. The molecule has 1 aromatic heterocycles. The van der Waals surface area contributed by atoms with Crippen molar-refractivity contribution in [2.45, 2.75) is 56.9 Å². The Bertz CT molecular complexity index is 1430. The van der Waals surface area contributed by atoms with Crippen LogP contribution >= 0.6 is 0 Å². The molecule has 234 valence electrons. The molecule has 2 unspecified atom stereocenters. The van der Waals surface area contributed by atoms with E-state index in [1.807, 2.05) is 37.4 Å². The molecule has 9 nitrogen and oxygen atoms in total. The lowest BCUT2D eigenvalue weighted by Gasteiger charge is -2.35. The van der Waals surface area contributed by atoms with Crippen molar-refractivity contribution < 1.29 is 22.8 Å². The lowest BCUT2D eigenvalue weighted by molar-refractivity contribution is -0.137. The van der Waals surface area contributed by atoms with Crippen LogP contribution in [0.15, 0.2) is 60.8 Å². The number of benzene rings is 2. The summed E-state index contributed by atoms with van der Waals surface area (Å²) in [6.45, 7) is 2.29. The van der Waals surface area contributed by atoms with E-state index in [1.165, 1.54) is 0 Å². The predicted octanol–water partition coefficient (Wildman–Crippen LogP) is 5.30. The van der Waals surface area contributed by atoms with Gasteiger partial charge in [0.2, 0.25) is 11.9 Å². The second kappa shape index (κ2) is 13.6. The van der Waals surface area contributed by atoms with E-state index in [0.717, 1.165) is 37.7 Å². The van der Waals surface area contributed by atoms with Crippen LogP contribution in [0.4, 0.5) is 30.6 Å². The maximum Gasteiger partial charge on any atom is 0.421 e. The summed E-state index contributed by atoms with van der Waals surface area (Å²) in [4.78, 5) is 37.8. The van der Waals surface area contributed by atoms with Crippen molar-refractivity contribution >= 4 is 29.3 Å². The first-order chi connectivity index (χ1) is 21.1. The van der Waals surface area contributed by atoms with Crippen LogP contribution in [0.5, 0.6) is 0 Å². The van der Waals surface area contributed by atoms with Crippen molar-refractivity contribution in [1.82, 2.24) is 25.1 Å². The highest BCUT2D eigenvalue weighted by Crippen LogP contribution is 2.36. The molecule has 1 saturated heterocycles. The molecule has 2 atom stereocenters. The summed E-state index contributed by atoms with van der Waals surface area (Å²) in [5.41, 5.74) is 1.06. The highest BCUT2D eigenvalue weighted by Gasteiger charge is 2.37. The second-order valence-electron chi connectivity index (χ2n) is 11.7. The molecule has 1 saturated carbocycles. The van der Waals surface area contributed by atoms with Gasteiger partial charge in [-0.2, -0.15) is 18.2 Å². The Morgan fingerprint density at radius 1 is 1.00 bits per heavy atom. The Kier molecular flexibility index (Phi) is 9.68. The van der Waals surface area contributed by atoms with Gasteiger partial charge in [0, 0.05) is 49.0 Å². The fourth-order valence-electron chi connectivity index (χ4n) is 5.81. The van der Waals surface area contributed by atoms with E-state index in [-0.39, 0.29) is 41.6 Å². The molecule has 1 aliphatic heterocycles. The van der Waals surface area contributed by atoms with E-state index >= 15 is 0 Å². The highest BCUT2D eigenvalue weighted by molar-refractivity contribution is 5.94. The largest absolute Gasteiger partial charge is 0.421 e. The zero-order chi connectivity index (χ0) is 31.3. The van der Waals surface area contributed by atoms with Crippen LogP contribution in [0.3, 0.4) is 0 Å². The third-order valence-corrected chi connectivity index (χ3v) is 8.49. The van der Waals surface area contributed by atoms with Gasteiger partial charge in [-0.05, 0) is 82.1 Å². The van der Waals surface area contributed by atoms with Crippen LogP contribution in [0.1, 0.15) is 53.6 Å². The molecule has 44 heavy (non-hydrogen) atoms. The number of nitrogens with one attached hydrogen (secondary N) is 3. The zero-order valence-electron chi connectivity index (χ0n) is 24.9. The lowest BCUT2D eigenvalue weighted by atomic mass is 10.0. The minimum Gasteiger partial charge on any atom is -0.367 e. The first-order valence-corrected chi connectivity index (χ1v) is 14.9. The minimum absolute atomic E-state index is 0.0156. The van der Waals surface area contributed by atoms with Crippen LogP contribution in [0, 0.1) is 5.92 Å². The molecule has 2 aliphatic rings. The first-order valence-electron chi connectivity index (χ1n) is 14.9. The number of carbonyl (C=O) groups excluding carboxylic acids is 2. The first kappa shape index (κ1) is 31.2. The number of amides is 2. The van der Waals surface area contributed by atoms with E-state index in [1.54, 1.807) is 29.2 Å². The summed E-state index contributed by atoms with van der Waals surface area (Å²) in [7, 11) is 3.89. The standard InChI is InChI=1S/C32H38F3N7O2/c1-41-16-14-26(15-17-41)42(2)30(44)22-8-11-24(12-9-22)39-31-37-20-27(32(33,34)35)28(40-31)38-25-13-10-23(18-25)29(43)36-19-21-6-4-3-5-7-21/h3-9,11-12,20,23,25-26H,10,13-19H2,1-2H3,(H,36,43)(H2,37,38,39,40). The van der Waals surface area contributed by atoms with Gasteiger partial charge in [0.15, 0.2) is 0 Å². The van der Waals surface area contributed by atoms with Gasteiger partial charge in [-0.15, -0.1) is 0 Å². The van der Waals surface area contributed by atoms with Crippen LogP contribution in [-0.2, 0) is 17.5 Å². The van der Waals surface area contributed by atoms with Gasteiger partial charge in [-0.25, -0.2) is 4.98 Å². The van der Waals surface area contributed by atoms with Gasteiger partial charge in [-0.3, -0.25) is 9.59 Å². The van der Waals surface area contributed by atoms with E-state index in [9.17, 15) is 22.8 Å². The summed E-state index contributed by atoms with van der Waals surface area (Å²) in [6, 6.07) is 16.1. The van der Waals surface area contributed by atoms with Crippen molar-refractivity contribution in [3.05, 3.63) is 77.5 Å². The number of likely N-dealkylation sites (tertiary alicyclic amines) is 1. The maximum atomic E-state index is 13.8. The average Bonchev–Trinajstić information content (AvgIpc) is 3.48. The molecular weight excluding hydrogens is 571 g/mol. The summed E-state index contributed by atoms with van der Waals surface area (Å²) in [5.74, 6) is -0.842. The quantitative estimate of drug-likeness (QED) is 0.303. The number of hydrogen-bond acceptors (Lipinski definition) is 7. The number of halogens is 3. The molecule has 0 radical (unpaired) electrons. The van der Waals surface area contributed by atoms with Crippen molar-refractivity contribution in [1.29, 1.82) is 0 Å². The molecule has 3 aromatic rings. The second-order valence-corrected chi connectivity index (χ2v) is 11.7. The predicted molar refractivity (Wildman–Crippen MR) is 162 cm³/mol. The number of aromatic nitrogens is 2. The Morgan fingerprint density at radius 3 is 2.39 bits per heavy atom. The zero-order valence-corrected chi connectivity index (χ0v) is 24.9. The van der Waals surface area contributed by atoms with Gasteiger partial charge in [-0.1, -0.05) is 30.3 Å². The van der Waals surface area contributed by atoms with Gasteiger partial charge in [0.1, 0.15) is 11.4 Å². The molecule has 1 aliphatic carbocycles. The highest BCUT2D eigenvalue weighted by atomic mass is 19.4. The maximum absolute atomic E-state index is 13.8. The normalized spacial score (nSPS) is 19.4. The number of alkyl halides is 3. The number of nitrogens with zero attached hydrogens (tertiary/aromatic N) is 4. The minimum atomic E-state index is -4.66. The third-order valence-electron chi connectivity index (χ3n) is 8.49. The summed E-state index contributed by atoms with van der Waals surface area (Å²) in [5, 5.41) is 8.80. The molecule has 3 N–H and O–H groups in total. The fraction of sp³-hybridized carbons (Fsp3) is 0.438. The van der Waals surface area contributed by atoms with E-state index in [4.69, 9.17) is 0 Å². The van der Waals surface area contributed by atoms with Crippen LogP contribution in [0.25, 0.3) is 0 Å². The van der Waals surface area contributed by atoms with Crippen molar-refractivity contribution in [3.63, 3.8) is 0 Å². The van der Waals surface area contributed by atoms with Gasteiger partial charge >= 0.3 is 6.18 Å². The topological polar surface area (TPSA) is 102 Å². The van der Waals surface area contributed by atoms with Gasteiger partial charge < -0.3 is 25.8 Å². The molecule has 2 fully saturated rings. The van der Waals surface area contributed by atoms with Crippen molar-refractivity contribution in [3.8, 4) is 0 Å². The molecule has 2 amide bonds. The van der Waals surface area contributed by atoms with Crippen molar-refractivity contribution in [2.24, 2.45) is 5.92 Å². The molecule has 5 rings (SSSR count). The summed E-state index contributed by atoms with van der Waals surface area (Å²) >= 11 is 0. The number of piperidine rings is 1. The average molecular weight is 610 g/mol. The molecule has 0 bridgehead atoms. The van der Waals surface area contributed by atoms with E-state index < -0.39 is 11.7 Å². The number of carbonyl (C=O) groups is 2. The Balaban J connectivity index is 1.21. The van der Waals surface area contributed by atoms with E-state index in [0.29, 0.717) is 37.1 Å². The summed E-state index contributed by atoms with van der Waals surface area (Å²) in [6.07, 6.45) is -0.570. The Hall–Kier alpha value is -4.19. The fourth-order valence-corrected chi connectivity index (χ4v) is 5.81. The molecule has 12 heteroatoms.